The van der Waals surface area contributed by atoms with Crippen LogP contribution in [-0.2, 0) is 35.9 Å². The largest absolute Gasteiger partial charge is 0.748 e. The second-order valence-electron chi connectivity index (χ2n) is 9.13. The van der Waals surface area contributed by atoms with Crippen molar-refractivity contribution in [2.75, 3.05) is 12.4 Å². The SMILES string of the molecule is O=C(CCCCC[n+]1ccc(-c2nc3cc(Cl)c(OCCCS(=O)(=O)[O-])c(Cl)c3o2)c(Cl)c1)ON1C(=O)CCC1=O. The number of nitrogens with zero attached hydrogens (tertiary/aromatic N) is 3. The highest BCUT2D eigenvalue weighted by molar-refractivity contribution is 7.85. The van der Waals surface area contributed by atoms with Gasteiger partial charge in [0.1, 0.15) is 22.1 Å². The number of hydrogen-bond donors (Lipinski definition) is 0. The molecule has 0 unspecified atom stereocenters. The van der Waals surface area contributed by atoms with Gasteiger partial charge in [-0.25, -0.2) is 22.8 Å². The number of carbonyl (C=O) groups excluding carboxylic acids is 3. The standard InChI is InChI=1S/C25H24Cl3N3O9S/c26-16-13-18-24(22(28)23(16)38-11-4-12-41(35,36)37)39-25(29-18)15-8-10-30(14-17(15)27)9-3-1-2-5-21(34)40-31-19(32)6-7-20(31)33/h8,10,13-14H,1-7,9,11-12H2. The lowest BCUT2D eigenvalue weighted by molar-refractivity contribution is -0.697. The number of halogens is 3. The highest BCUT2D eigenvalue weighted by Crippen LogP contribution is 2.41. The van der Waals surface area contributed by atoms with Gasteiger partial charge in [0.25, 0.3) is 11.8 Å². The first-order valence-electron chi connectivity index (χ1n) is 12.5. The van der Waals surface area contributed by atoms with Crippen molar-refractivity contribution in [2.24, 2.45) is 0 Å². The number of oxazole rings is 1. The Labute approximate surface area is 249 Å². The van der Waals surface area contributed by atoms with E-state index in [-0.39, 0.29) is 59.6 Å². The van der Waals surface area contributed by atoms with Gasteiger partial charge in [0.05, 0.1) is 27.3 Å². The van der Waals surface area contributed by atoms with Crippen LogP contribution in [0.4, 0.5) is 0 Å². The Morgan fingerprint density at radius 3 is 2.51 bits per heavy atom. The molecule has 0 saturated carbocycles. The number of unbranched alkanes of at least 4 members (excludes halogenated alkanes) is 2. The van der Waals surface area contributed by atoms with Crippen molar-refractivity contribution in [3.05, 3.63) is 39.6 Å². The number of hydrogen-bond acceptors (Lipinski definition) is 10. The number of ether oxygens (including phenoxy) is 1. The number of aromatic nitrogens is 2. The number of fused-ring (bicyclic) bond motifs is 1. The summed E-state index contributed by atoms with van der Waals surface area (Å²) < 4.78 is 45.5. The quantitative estimate of drug-likeness (QED) is 0.114. The topological polar surface area (TPSA) is 160 Å². The fraction of sp³-hybridized carbons (Fsp3) is 0.400. The van der Waals surface area contributed by atoms with Crippen LogP contribution in [0.25, 0.3) is 22.6 Å². The van der Waals surface area contributed by atoms with E-state index in [1.54, 1.807) is 18.5 Å². The molecule has 3 heterocycles. The summed E-state index contributed by atoms with van der Waals surface area (Å²) in [6, 6.07) is 3.22. The van der Waals surface area contributed by atoms with Crippen molar-refractivity contribution in [3.8, 4) is 17.2 Å². The van der Waals surface area contributed by atoms with E-state index < -0.39 is 33.7 Å². The molecule has 0 atom stereocenters. The molecule has 1 saturated heterocycles. The lowest BCUT2D eigenvalue weighted by Gasteiger charge is -2.12. The van der Waals surface area contributed by atoms with E-state index in [2.05, 4.69) is 4.98 Å². The van der Waals surface area contributed by atoms with Crippen molar-refractivity contribution >= 4 is 73.8 Å². The third kappa shape index (κ3) is 8.07. The fourth-order valence-corrected chi connectivity index (χ4v) is 5.34. The number of hydroxylamine groups is 2. The predicted molar refractivity (Wildman–Crippen MR) is 145 cm³/mol. The first-order chi connectivity index (χ1) is 19.4. The lowest BCUT2D eigenvalue weighted by Crippen LogP contribution is -2.33. The van der Waals surface area contributed by atoms with Gasteiger partial charge in [0.15, 0.2) is 23.7 Å². The van der Waals surface area contributed by atoms with Crippen LogP contribution in [0.2, 0.25) is 15.1 Å². The van der Waals surface area contributed by atoms with Gasteiger partial charge in [0, 0.05) is 37.5 Å². The number of aryl methyl sites for hydroxylation is 1. The molecular weight excluding hydrogens is 625 g/mol. The Morgan fingerprint density at radius 1 is 1.10 bits per heavy atom. The summed E-state index contributed by atoms with van der Waals surface area (Å²) in [6.45, 7) is 0.518. The molecule has 0 bridgehead atoms. The van der Waals surface area contributed by atoms with E-state index in [0.29, 0.717) is 40.6 Å². The van der Waals surface area contributed by atoms with Crippen LogP contribution < -0.4 is 9.30 Å². The molecule has 1 aliphatic rings. The van der Waals surface area contributed by atoms with Gasteiger partial charge in [-0.3, -0.25) is 9.59 Å². The Kier molecular flexibility index (Phi) is 10.1. The summed E-state index contributed by atoms with van der Waals surface area (Å²) in [5.74, 6) is -1.94. The number of amides is 2. The van der Waals surface area contributed by atoms with Crippen LogP contribution in [0.15, 0.2) is 28.9 Å². The molecule has 41 heavy (non-hydrogen) atoms. The first kappa shape index (κ1) is 31.0. The third-order valence-corrected chi connectivity index (χ3v) is 7.73. The van der Waals surface area contributed by atoms with Gasteiger partial charge < -0.3 is 18.5 Å². The average Bonchev–Trinajstić information content (AvgIpc) is 3.46. The maximum absolute atomic E-state index is 11.9. The molecule has 1 fully saturated rings. The van der Waals surface area contributed by atoms with Crippen molar-refractivity contribution in [1.29, 1.82) is 0 Å². The van der Waals surface area contributed by atoms with E-state index in [1.807, 2.05) is 4.57 Å². The van der Waals surface area contributed by atoms with E-state index >= 15 is 0 Å². The number of carbonyl (C=O) groups is 3. The monoisotopic (exact) mass is 647 g/mol. The molecule has 0 N–H and O–H groups in total. The molecule has 0 aliphatic carbocycles. The first-order valence-corrected chi connectivity index (χ1v) is 15.2. The number of benzene rings is 1. The number of pyridine rings is 1. The minimum Gasteiger partial charge on any atom is -0.748 e. The van der Waals surface area contributed by atoms with Crippen LogP contribution >= 0.6 is 34.8 Å². The molecule has 2 aromatic heterocycles. The number of imide groups is 1. The maximum Gasteiger partial charge on any atom is 0.333 e. The van der Waals surface area contributed by atoms with Gasteiger partial charge in [-0.1, -0.05) is 34.8 Å². The molecule has 12 nitrogen and oxygen atoms in total. The molecule has 4 rings (SSSR count). The zero-order valence-corrected chi connectivity index (χ0v) is 24.5. The summed E-state index contributed by atoms with van der Waals surface area (Å²) in [6.07, 6.45) is 5.61. The Hall–Kier alpha value is -2.97. The summed E-state index contributed by atoms with van der Waals surface area (Å²) in [4.78, 5) is 44.2. The van der Waals surface area contributed by atoms with E-state index in [1.165, 1.54) is 6.07 Å². The van der Waals surface area contributed by atoms with E-state index in [0.717, 1.165) is 6.42 Å². The van der Waals surface area contributed by atoms with Crippen LogP contribution in [0.3, 0.4) is 0 Å². The molecule has 2 amide bonds. The molecule has 0 radical (unpaired) electrons. The highest BCUT2D eigenvalue weighted by atomic mass is 35.5. The van der Waals surface area contributed by atoms with Gasteiger partial charge in [0.2, 0.25) is 5.89 Å². The van der Waals surface area contributed by atoms with Gasteiger partial charge in [-0.2, -0.15) is 0 Å². The van der Waals surface area contributed by atoms with Crippen molar-refractivity contribution in [1.82, 2.24) is 10.0 Å². The summed E-state index contributed by atoms with van der Waals surface area (Å²) >= 11 is 19.2. The van der Waals surface area contributed by atoms with Gasteiger partial charge >= 0.3 is 5.97 Å². The Bertz CT molecular complexity index is 1580. The second-order valence-corrected chi connectivity index (χ2v) is 11.8. The van der Waals surface area contributed by atoms with Crippen LogP contribution in [-0.4, -0.2) is 53.2 Å². The zero-order valence-electron chi connectivity index (χ0n) is 21.4. The molecule has 220 valence electrons. The molecule has 16 heteroatoms. The van der Waals surface area contributed by atoms with Crippen LogP contribution in [0, 0.1) is 0 Å². The van der Waals surface area contributed by atoms with Crippen molar-refractivity contribution in [2.45, 2.75) is 51.5 Å². The number of rotatable bonds is 13. The summed E-state index contributed by atoms with van der Waals surface area (Å²) in [7, 11) is -4.36. The zero-order chi connectivity index (χ0) is 29.7. The van der Waals surface area contributed by atoms with E-state index in [9.17, 15) is 27.4 Å². The smallest absolute Gasteiger partial charge is 0.333 e. The predicted octanol–water partition coefficient (Wildman–Crippen LogP) is 4.22. The molecule has 1 aliphatic heterocycles. The highest BCUT2D eigenvalue weighted by Gasteiger charge is 2.32. The molecule has 3 aromatic rings. The van der Waals surface area contributed by atoms with Gasteiger partial charge in [-0.15, -0.1) is 5.06 Å². The Morgan fingerprint density at radius 2 is 1.83 bits per heavy atom. The molecule has 1 aromatic carbocycles. The third-order valence-electron chi connectivity index (χ3n) is 6.01. The van der Waals surface area contributed by atoms with Crippen LogP contribution in [0.5, 0.6) is 5.75 Å². The molecular formula is C25H24Cl3N3O9S. The molecule has 0 spiro atoms. The summed E-state index contributed by atoms with van der Waals surface area (Å²) in [5, 5.41) is 1.08. The normalized spacial score (nSPS) is 13.8. The van der Waals surface area contributed by atoms with Crippen molar-refractivity contribution in [3.63, 3.8) is 0 Å². The Balaban J connectivity index is 1.32. The second kappa shape index (κ2) is 13.3. The minimum absolute atomic E-state index is 0.0343. The van der Waals surface area contributed by atoms with Crippen molar-refractivity contribution < 1.29 is 45.9 Å². The fourth-order valence-electron chi connectivity index (χ4n) is 4.00. The van der Waals surface area contributed by atoms with Gasteiger partial charge in [-0.05, 0) is 25.3 Å². The van der Waals surface area contributed by atoms with Crippen LogP contribution in [0.1, 0.15) is 44.9 Å². The summed E-state index contributed by atoms with van der Waals surface area (Å²) in [5.41, 5.74) is 1.06. The average molecular weight is 649 g/mol. The van der Waals surface area contributed by atoms with E-state index in [4.69, 9.17) is 48.8 Å². The lowest BCUT2D eigenvalue weighted by atomic mass is 10.2. The maximum atomic E-state index is 11.9. The minimum atomic E-state index is -4.36.